The zero-order valence-corrected chi connectivity index (χ0v) is 12.4. The Morgan fingerprint density at radius 2 is 2.22 bits per heavy atom. The lowest BCUT2D eigenvalue weighted by Crippen LogP contribution is -2.07. The summed E-state index contributed by atoms with van der Waals surface area (Å²) in [5.41, 5.74) is 2.35. The molecule has 96 valence electrons. The second-order valence-corrected chi connectivity index (χ2v) is 5.21. The van der Waals surface area contributed by atoms with E-state index in [2.05, 4.69) is 62.8 Å². The molecule has 0 saturated heterocycles. The first-order chi connectivity index (χ1) is 8.72. The van der Waals surface area contributed by atoms with E-state index in [1.165, 1.54) is 12.0 Å². The van der Waals surface area contributed by atoms with E-state index >= 15 is 0 Å². The minimum Gasteiger partial charge on any atom is -0.355 e. The zero-order valence-electron chi connectivity index (χ0n) is 10.8. The lowest BCUT2D eigenvalue weighted by Gasteiger charge is -2.11. The van der Waals surface area contributed by atoms with Crippen molar-refractivity contribution in [3.05, 3.63) is 40.6 Å². The van der Waals surface area contributed by atoms with Crippen molar-refractivity contribution in [1.82, 2.24) is 9.55 Å². The lowest BCUT2D eigenvalue weighted by molar-refractivity contribution is 0.823. The molecule has 18 heavy (non-hydrogen) atoms. The molecular weight excluding hydrogens is 290 g/mol. The summed E-state index contributed by atoms with van der Waals surface area (Å²) in [7, 11) is 0. The SMILES string of the molecule is CCCCNc1nccn1-c1ccc(C)cc1Br. The number of hydrogen-bond acceptors (Lipinski definition) is 2. The second-order valence-electron chi connectivity index (χ2n) is 4.36. The maximum absolute atomic E-state index is 4.36. The van der Waals surface area contributed by atoms with Crippen LogP contribution in [0.5, 0.6) is 0 Å². The fourth-order valence-corrected chi connectivity index (χ4v) is 2.50. The predicted octanol–water partition coefficient (Wildman–Crippen LogP) is 4.16. The normalized spacial score (nSPS) is 10.6. The molecule has 4 heteroatoms. The van der Waals surface area contributed by atoms with E-state index in [-0.39, 0.29) is 0 Å². The maximum atomic E-state index is 4.36. The third kappa shape index (κ3) is 2.93. The van der Waals surface area contributed by atoms with Crippen LogP contribution in [-0.2, 0) is 0 Å². The standard InChI is InChI=1S/C14H18BrN3/c1-3-4-7-16-14-17-8-9-18(14)13-6-5-11(2)10-12(13)15/h5-6,8-10H,3-4,7H2,1-2H3,(H,16,17). The fourth-order valence-electron chi connectivity index (χ4n) is 1.81. The molecule has 1 aromatic carbocycles. The van der Waals surface area contributed by atoms with E-state index < -0.39 is 0 Å². The van der Waals surface area contributed by atoms with Crippen molar-refractivity contribution in [3.63, 3.8) is 0 Å². The van der Waals surface area contributed by atoms with Crippen molar-refractivity contribution in [2.45, 2.75) is 26.7 Å². The summed E-state index contributed by atoms with van der Waals surface area (Å²) in [6.45, 7) is 5.23. The number of imidazole rings is 1. The van der Waals surface area contributed by atoms with Gasteiger partial charge in [-0.25, -0.2) is 4.98 Å². The number of anilines is 1. The van der Waals surface area contributed by atoms with Gasteiger partial charge in [-0.2, -0.15) is 0 Å². The van der Waals surface area contributed by atoms with Gasteiger partial charge in [0, 0.05) is 23.4 Å². The first-order valence-corrected chi connectivity index (χ1v) is 7.05. The van der Waals surface area contributed by atoms with Gasteiger partial charge in [-0.1, -0.05) is 19.4 Å². The number of nitrogens with zero attached hydrogens (tertiary/aromatic N) is 2. The highest BCUT2D eigenvalue weighted by Gasteiger charge is 2.07. The Kier molecular flexibility index (Phi) is 4.42. The summed E-state index contributed by atoms with van der Waals surface area (Å²) in [5.74, 6) is 0.896. The number of aromatic nitrogens is 2. The number of nitrogens with one attached hydrogen (secondary N) is 1. The van der Waals surface area contributed by atoms with Crippen molar-refractivity contribution >= 4 is 21.9 Å². The van der Waals surface area contributed by atoms with Gasteiger partial charge in [0.25, 0.3) is 0 Å². The van der Waals surface area contributed by atoms with E-state index in [0.29, 0.717) is 0 Å². The van der Waals surface area contributed by atoms with Crippen LogP contribution in [0.1, 0.15) is 25.3 Å². The predicted molar refractivity (Wildman–Crippen MR) is 79.4 cm³/mol. The average molecular weight is 308 g/mol. The van der Waals surface area contributed by atoms with Crippen LogP contribution < -0.4 is 5.32 Å². The lowest BCUT2D eigenvalue weighted by atomic mass is 10.2. The second kappa shape index (κ2) is 6.05. The van der Waals surface area contributed by atoms with Crippen LogP contribution in [0, 0.1) is 6.92 Å². The molecule has 0 unspecified atom stereocenters. The summed E-state index contributed by atoms with van der Waals surface area (Å²) in [5, 5.41) is 3.37. The Morgan fingerprint density at radius 1 is 1.39 bits per heavy atom. The largest absolute Gasteiger partial charge is 0.355 e. The molecule has 0 spiro atoms. The first-order valence-electron chi connectivity index (χ1n) is 6.26. The molecule has 0 aliphatic carbocycles. The van der Waals surface area contributed by atoms with Gasteiger partial charge >= 0.3 is 0 Å². The molecule has 0 aliphatic rings. The van der Waals surface area contributed by atoms with Crippen LogP contribution in [0.3, 0.4) is 0 Å². The van der Waals surface area contributed by atoms with Gasteiger partial charge in [-0.05, 0) is 47.0 Å². The van der Waals surface area contributed by atoms with Gasteiger partial charge in [-0.3, -0.25) is 4.57 Å². The van der Waals surface area contributed by atoms with Gasteiger partial charge in [0.1, 0.15) is 0 Å². The number of rotatable bonds is 5. The van der Waals surface area contributed by atoms with E-state index in [1.807, 2.05) is 12.4 Å². The zero-order chi connectivity index (χ0) is 13.0. The van der Waals surface area contributed by atoms with Gasteiger partial charge in [0.15, 0.2) is 0 Å². The third-order valence-corrected chi connectivity index (χ3v) is 3.45. The summed E-state index contributed by atoms with van der Waals surface area (Å²) in [6.07, 6.45) is 6.13. The molecule has 0 radical (unpaired) electrons. The summed E-state index contributed by atoms with van der Waals surface area (Å²) >= 11 is 3.61. The molecule has 0 bridgehead atoms. The molecule has 0 atom stereocenters. The molecule has 0 fully saturated rings. The van der Waals surface area contributed by atoms with Crippen molar-refractivity contribution < 1.29 is 0 Å². The number of halogens is 1. The average Bonchev–Trinajstić information content (AvgIpc) is 2.78. The topological polar surface area (TPSA) is 29.9 Å². The van der Waals surface area contributed by atoms with Crippen LogP contribution in [-0.4, -0.2) is 16.1 Å². The third-order valence-electron chi connectivity index (χ3n) is 2.82. The van der Waals surface area contributed by atoms with Crippen LogP contribution in [0.4, 0.5) is 5.95 Å². The molecule has 0 amide bonds. The van der Waals surface area contributed by atoms with Crippen molar-refractivity contribution in [2.75, 3.05) is 11.9 Å². The van der Waals surface area contributed by atoms with E-state index in [1.54, 1.807) is 0 Å². The highest BCUT2D eigenvalue weighted by Crippen LogP contribution is 2.24. The molecule has 2 rings (SSSR count). The number of aryl methyl sites for hydroxylation is 1. The van der Waals surface area contributed by atoms with Crippen molar-refractivity contribution in [1.29, 1.82) is 0 Å². The molecule has 0 saturated carbocycles. The summed E-state index contributed by atoms with van der Waals surface area (Å²) in [4.78, 5) is 4.36. The van der Waals surface area contributed by atoms with E-state index in [9.17, 15) is 0 Å². The van der Waals surface area contributed by atoms with E-state index in [0.717, 1.165) is 29.1 Å². The molecule has 1 heterocycles. The minimum atomic E-state index is 0.896. The highest BCUT2D eigenvalue weighted by molar-refractivity contribution is 9.10. The molecule has 2 aromatic rings. The minimum absolute atomic E-state index is 0.896. The van der Waals surface area contributed by atoms with Gasteiger partial charge < -0.3 is 5.32 Å². The number of unbranched alkanes of at least 4 members (excludes halogenated alkanes) is 1. The number of hydrogen-bond donors (Lipinski definition) is 1. The fraction of sp³-hybridized carbons (Fsp3) is 0.357. The van der Waals surface area contributed by atoms with E-state index in [4.69, 9.17) is 0 Å². The summed E-state index contributed by atoms with van der Waals surface area (Å²) < 4.78 is 3.15. The Morgan fingerprint density at radius 3 is 2.94 bits per heavy atom. The maximum Gasteiger partial charge on any atom is 0.207 e. The smallest absolute Gasteiger partial charge is 0.207 e. The quantitative estimate of drug-likeness (QED) is 0.841. The van der Waals surface area contributed by atoms with Crippen molar-refractivity contribution in [3.8, 4) is 5.69 Å². The van der Waals surface area contributed by atoms with Crippen LogP contribution in [0.15, 0.2) is 35.1 Å². The van der Waals surface area contributed by atoms with Crippen molar-refractivity contribution in [2.24, 2.45) is 0 Å². The van der Waals surface area contributed by atoms with Gasteiger partial charge in [0.2, 0.25) is 5.95 Å². The number of benzene rings is 1. The van der Waals surface area contributed by atoms with Gasteiger partial charge in [-0.15, -0.1) is 0 Å². The molecule has 1 aromatic heterocycles. The van der Waals surface area contributed by atoms with Crippen LogP contribution in [0.2, 0.25) is 0 Å². The van der Waals surface area contributed by atoms with Gasteiger partial charge in [0.05, 0.1) is 5.69 Å². The molecule has 0 aliphatic heterocycles. The highest BCUT2D eigenvalue weighted by atomic mass is 79.9. The Balaban J connectivity index is 2.25. The Labute approximate surface area is 116 Å². The molecular formula is C14H18BrN3. The first kappa shape index (κ1) is 13.1. The Hall–Kier alpha value is -1.29. The van der Waals surface area contributed by atoms with Crippen LogP contribution >= 0.6 is 15.9 Å². The Bertz CT molecular complexity index is 520. The molecule has 3 nitrogen and oxygen atoms in total. The summed E-state index contributed by atoms with van der Waals surface area (Å²) in [6, 6.07) is 6.33. The monoisotopic (exact) mass is 307 g/mol. The van der Waals surface area contributed by atoms with Crippen LogP contribution in [0.25, 0.3) is 5.69 Å². The molecule has 1 N–H and O–H groups in total.